The highest BCUT2D eigenvalue weighted by Gasteiger charge is 2.16. The quantitative estimate of drug-likeness (QED) is 0.284. The standard InChI is InChI=1S/C19H21ClN2O2.2C2H2O4/c1-22(2)17(19-8-5-11-23-19)13-21-12-14-9-10-18(24-14)15-6-3-4-7-16(15)20;2*3-1(4)2(5)6/h3-11,17,21H,12-13H2,1-2H3;2*(H,3,4)(H,5,6). The van der Waals surface area contributed by atoms with Gasteiger partial charge in [-0.15, -0.1) is 0 Å². The van der Waals surface area contributed by atoms with E-state index in [0.29, 0.717) is 11.6 Å². The molecule has 0 aliphatic rings. The summed E-state index contributed by atoms with van der Waals surface area (Å²) in [6.07, 6.45) is 1.70. The Morgan fingerprint density at radius 3 is 1.94 bits per heavy atom. The van der Waals surface area contributed by atoms with Gasteiger partial charge < -0.3 is 34.6 Å². The van der Waals surface area contributed by atoms with Gasteiger partial charge in [0.1, 0.15) is 17.3 Å². The van der Waals surface area contributed by atoms with Crippen LogP contribution < -0.4 is 5.32 Å². The number of carboxylic acid groups (broad SMARTS) is 4. The first-order valence-corrected chi connectivity index (χ1v) is 10.5. The maximum Gasteiger partial charge on any atom is 0.414 e. The maximum atomic E-state index is 9.10. The number of carboxylic acids is 4. The molecule has 0 fully saturated rings. The van der Waals surface area contributed by atoms with Crippen LogP contribution >= 0.6 is 11.6 Å². The molecule has 0 aliphatic carbocycles. The lowest BCUT2D eigenvalue weighted by atomic mass is 10.2. The molecule has 2 heterocycles. The van der Waals surface area contributed by atoms with Gasteiger partial charge >= 0.3 is 23.9 Å². The van der Waals surface area contributed by atoms with E-state index in [1.807, 2.05) is 62.6 Å². The van der Waals surface area contributed by atoms with Crippen molar-refractivity contribution >= 4 is 35.5 Å². The Kier molecular flexibility index (Phi) is 12.4. The summed E-state index contributed by atoms with van der Waals surface area (Å²) >= 11 is 6.21. The van der Waals surface area contributed by atoms with Gasteiger partial charge in [0.15, 0.2) is 0 Å². The zero-order valence-electron chi connectivity index (χ0n) is 19.3. The van der Waals surface area contributed by atoms with Crippen molar-refractivity contribution < 1.29 is 48.4 Å². The van der Waals surface area contributed by atoms with Crippen LogP contribution in [0, 0.1) is 0 Å². The molecule has 2 aromatic heterocycles. The molecule has 0 saturated carbocycles. The summed E-state index contributed by atoms with van der Waals surface area (Å²) in [5.41, 5.74) is 0.909. The van der Waals surface area contributed by atoms with Crippen LogP contribution in [0.1, 0.15) is 17.6 Å². The van der Waals surface area contributed by atoms with Crippen LogP contribution in [0.3, 0.4) is 0 Å². The Morgan fingerprint density at radius 2 is 1.47 bits per heavy atom. The molecule has 36 heavy (non-hydrogen) atoms. The van der Waals surface area contributed by atoms with E-state index >= 15 is 0 Å². The van der Waals surface area contributed by atoms with E-state index in [-0.39, 0.29) is 6.04 Å². The van der Waals surface area contributed by atoms with Crippen molar-refractivity contribution in [3.8, 4) is 11.3 Å². The molecule has 1 atom stereocenters. The summed E-state index contributed by atoms with van der Waals surface area (Å²) in [7, 11) is 4.08. The summed E-state index contributed by atoms with van der Waals surface area (Å²) in [6, 6.07) is 15.7. The van der Waals surface area contributed by atoms with Gasteiger partial charge in [0.25, 0.3) is 0 Å². The van der Waals surface area contributed by atoms with Crippen molar-refractivity contribution in [2.75, 3.05) is 20.6 Å². The minimum atomic E-state index is -1.82. The maximum absolute atomic E-state index is 9.10. The second kappa shape index (κ2) is 15.0. The van der Waals surface area contributed by atoms with Crippen molar-refractivity contribution in [2.24, 2.45) is 0 Å². The summed E-state index contributed by atoms with van der Waals surface area (Å²) in [4.78, 5) is 38.5. The SMILES string of the molecule is CN(C)C(CNCc1ccc(-c2ccccc2Cl)o1)c1ccco1.O=C(O)C(=O)O.O=C(O)C(=O)O. The molecule has 0 spiro atoms. The number of rotatable bonds is 7. The highest BCUT2D eigenvalue weighted by Crippen LogP contribution is 2.29. The Labute approximate surface area is 210 Å². The fourth-order valence-corrected chi connectivity index (χ4v) is 2.86. The number of hydrogen-bond acceptors (Lipinski definition) is 8. The summed E-state index contributed by atoms with van der Waals surface area (Å²) in [5, 5.41) is 33.7. The average Bonchev–Trinajstić information content (AvgIpc) is 3.50. The predicted molar refractivity (Wildman–Crippen MR) is 127 cm³/mol. The van der Waals surface area contributed by atoms with Gasteiger partial charge in [-0.2, -0.15) is 0 Å². The number of nitrogens with one attached hydrogen (secondary N) is 1. The largest absolute Gasteiger partial charge is 0.473 e. The normalized spacial score (nSPS) is 10.9. The number of halogens is 1. The first-order chi connectivity index (χ1) is 16.9. The molecule has 13 heteroatoms. The lowest BCUT2D eigenvalue weighted by Gasteiger charge is -2.22. The fourth-order valence-electron chi connectivity index (χ4n) is 2.63. The first-order valence-electron chi connectivity index (χ1n) is 10.1. The number of furan rings is 2. The topological polar surface area (TPSA) is 191 Å². The molecule has 0 aliphatic heterocycles. The van der Waals surface area contributed by atoms with Gasteiger partial charge in [0.05, 0.1) is 23.9 Å². The minimum Gasteiger partial charge on any atom is -0.473 e. The molecule has 3 aromatic rings. The van der Waals surface area contributed by atoms with Crippen LogP contribution in [0.4, 0.5) is 0 Å². The van der Waals surface area contributed by atoms with Crippen LogP contribution in [-0.2, 0) is 25.7 Å². The van der Waals surface area contributed by atoms with Crippen LogP contribution in [0.15, 0.2) is 63.6 Å². The molecule has 0 bridgehead atoms. The zero-order valence-corrected chi connectivity index (χ0v) is 20.0. The predicted octanol–water partition coefficient (Wildman–Crippen LogP) is 2.90. The number of likely N-dealkylation sites (N-methyl/N-ethyl adjacent to an activating group) is 1. The highest BCUT2D eigenvalue weighted by atomic mass is 35.5. The van der Waals surface area contributed by atoms with Gasteiger partial charge in [-0.3, -0.25) is 4.90 Å². The van der Waals surface area contributed by atoms with Gasteiger partial charge in [0, 0.05) is 12.1 Å². The number of nitrogens with zero attached hydrogens (tertiary/aromatic N) is 1. The van der Waals surface area contributed by atoms with Crippen molar-refractivity contribution in [2.45, 2.75) is 12.6 Å². The lowest BCUT2D eigenvalue weighted by molar-refractivity contribution is -0.159. The molecule has 12 nitrogen and oxygen atoms in total. The highest BCUT2D eigenvalue weighted by molar-refractivity contribution is 6.33. The van der Waals surface area contributed by atoms with Crippen LogP contribution in [-0.4, -0.2) is 69.8 Å². The molecule has 5 N–H and O–H groups in total. The van der Waals surface area contributed by atoms with Crippen LogP contribution in [0.5, 0.6) is 0 Å². The number of hydrogen-bond donors (Lipinski definition) is 5. The molecule has 1 unspecified atom stereocenters. The Bertz CT molecular complexity index is 1090. The second-order valence-corrected chi connectivity index (χ2v) is 7.50. The third kappa shape index (κ3) is 10.4. The Morgan fingerprint density at radius 1 is 0.889 bits per heavy atom. The first kappa shape index (κ1) is 29.9. The van der Waals surface area contributed by atoms with E-state index in [2.05, 4.69) is 10.2 Å². The van der Waals surface area contributed by atoms with E-state index in [0.717, 1.165) is 29.4 Å². The van der Waals surface area contributed by atoms with Crippen molar-refractivity contribution in [1.82, 2.24) is 10.2 Å². The van der Waals surface area contributed by atoms with Gasteiger partial charge in [-0.05, 0) is 50.5 Å². The smallest absolute Gasteiger partial charge is 0.414 e. The third-order valence-electron chi connectivity index (χ3n) is 4.30. The van der Waals surface area contributed by atoms with E-state index in [9.17, 15) is 0 Å². The van der Waals surface area contributed by atoms with Crippen molar-refractivity contribution in [3.63, 3.8) is 0 Å². The van der Waals surface area contributed by atoms with Crippen molar-refractivity contribution in [1.29, 1.82) is 0 Å². The lowest BCUT2D eigenvalue weighted by Crippen LogP contribution is -2.30. The summed E-state index contributed by atoms with van der Waals surface area (Å²) < 4.78 is 11.4. The molecule has 1 aromatic carbocycles. The summed E-state index contributed by atoms with van der Waals surface area (Å²) in [5.74, 6) is -4.69. The molecule has 0 saturated heterocycles. The average molecular weight is 525 g/mol. The van der Waals surface area contributed by atoms with Gasteiger partial charge in [-0.1, -0.05) is 23.7 Å². The molecule has 3 rings (SSSR count). The van der Waals surface area contributed by atoms with Crippen LogP contribution in [0.2, 0.25) is 5.02 Å². The van der Waals surface area contributed by atoms with Gasteiger partial charge in [0.2, 0.25) is 0 Å². The van der Waals surface area contributed by atoms with E-state index in [1.54, 1.807) is 6.26 Å². The van der Waals surface area contributed by atoms with Crippen LogP contribution in [0.25, 0.3) is 11.3 Å². The molecule has 0 amide bonds. The fraction of sp³-hybridized carbons (Fsp3) is 0.217. The number of benzene rings is 1. The summed E-state index contributed by atoms with van der Waals surface area (Å²) in [6.45, 7) is 1.41. The zero-order chi connectivity index (χ0) is 27.3. The van der Waals surface area contributed by atoms with Crippen molar-refractivity contribution in [3.05, 3.63) is 71.3 Å². The second-order valence-electron chi connectivity index (χ2n) is 7.09. The molecule has 194 valence electrons. The molecular weight excluding hydrogens is 500 g/mol. The Hall–Kier alpha value is -4.13. The van der Waals surface area contributed by atoms with E-state index < -0.39 is 23.9 Å². The number of carbonyl (C=O) groups is 4. The molecule has 0 radical (unpaired) electrons. The third-order valence-corrected chi connectivity index (χ3v) is 4.63. The minimum absolute atomic E-state index is 0.179. The number of aliphatic carboxylic acids is 4. The van der Waals surface area contributed by atoms with E-state index in [1.165, 1.54) is 0 Å². The monoisotopic (exact) mass is 524 g/mol. The van der Waals surface area contributed by atoms with Gasteiger partial charge in [-0.25, -0.2) is 19.2 Å². The molecular formula is C23H25ClN2O10. The Balaban J connectivity index is 0.000000450. The van der Waals surface area contributed by atoms with E-state index in [4.69, 9.17) is 60.0 Å².